The van der Waals surface area contributed by atoms with Crippen molar-refractivity contribution in [3.8, 4) is 11.8 Å². The highest BCUT2D eigenvalue weighted by Crippen LogP contribution is 2.30. The van der Waals surface area contributed by atoms with Gasteiger partial charge in [0.25, 0.3) is 5.91 Å². The molecule has 0 spiro atoms. The second kappa shape index (κ2) is 9.03. The van der Waals surface area contributed by atoms with Crippen molar-refractivity contribution in [3.63, 3.8) is 0 Å². The van der Waals surface area contributed by atoms with E-state index in [1.807, 2.05) is 30.7 Å². The van der Waals surface area contributed by atoms with Crippen LogP contribution in [0.5, 0.6) is 11.8 Å². The lowest BCUT2D eigenvalue weighted by molar-refractivity contribution is 0.103. The zero-order chi connectivity index (χ0) is 23.7. The van der Waals surface area contributed by atoms with Crippen LogP contribution in [0.25, 0.3) is 10.2 Å². The SMILES string of the molecule is Cc1cc(Oc2ncccn2)ccc1NC(=O)c1cc2c(C)nn(Cc3ccc(F)cc3)c2s1. The van der Waals surface area contributed by atoms with E-state index < -0.39 is 0 Å². The number of halogens is 1. The molecular formula is C25H20FN5O2S. The number of hydrogen-bond donors (Lipinski definition) is 1. The second-order valence-corrected chi connectivity index (χ2v) is 8.79. The van der Waals surface area contributed by atoms with E-state index >= 15 is 0 Å². The topological polar surface area (TPSA) is 81.9 Å². The van der Waals surface area contributed by atoms with Gasteiger partial charge in [-0.15, -0.1) is 11.3 Å². The first-order valence-corrected chi connectivity index (χ1v) is 11.4. The molecule has 0 aliphatic rings. The monoisotopic (exact) mass is 473 g/mol. The number of carbonyl (C=O) groups is 1. The highest BCUT2D eigenvalue weighted by atomic mass is 32.1. The van der Waals surface area contributed by atoms with Crippen LogP contribution in [0.3, 0.4) is 0 Å². The van der Waals surface area contributed by atoms with Gasteiger partial charge in [0, 0.05) is 23.5 Å². The number of fused-ring (bicyclic) bond motifs is 1. The summed E-state index contributed by atoms with van der Waals surface area (Å²) < 4.78 is 20.7. The molecule has 0 bridgehead atoms. The van der Waals surface area contributed by atoms with Gasteiger partial charge in [-0.25, -0.2) is 14.4 Å². The van der Waals surface area contributed by atoms with E-state index in [2.05, 4.69) is 20.4 Å². The Labute approximate surface area is 198 Å². The fourth-order valence-electron chi connectivity index (χ4n) is 3.56. The summed E-state index contributed by atoms with van der Waals surface area (Å²) in [4.78, 5) is 22.6. The molecule has 170 valence electrons. The summed E-state index contributed by atoms with van der Waals surface area (Å²) in [6.45, 7) is 4.30. The molecule has 0 radical (unpaired) electrons. The average Bonchev–Trinajstić information content (AvgIpc) is 3.39. The molecule has 3 aromatic heterocycles. The number of carbonyl (C=O) groups excluding carboxylic acids is 1. The number of ether oxygens (including phenoxy) is 1. The lowest BCUT2D eigenvalue weighted by Crippen LogP contribution is -2.11. The van der Waals surface area contributed by atoms with Crippen molar-refractivity contribution in [2.75, 3.05) is 5.32 Å². The van der Waals surface area contributed by atoms with Crippen LogP contribution in [0, 0.1) is 19.7 Å². The van der Waals surface area contributed by atoms with E-state index in [0.29, 0.717) is 22.9 Å². The second-order valence-electron chi connectivity index (χ2n) is 7.76. The summed E-state index contributed by atoms with van der Waals surface area (Å²) in [5.74, 6) is 0.112. The smallest absolute Gasteiger partial charge is 0.321 e. The maximum absolute atomic E-state index is 13.2. The third kappa shape index (κ3) is 4.51. The van der Waals surface area contributed by atoms with Crippen LogP contribution in [0.15, 0.2) is 67.0 Å². The van der Waals surface area contributed by atoms with E-state index in [-0.39, 0.29) is 17.7 Å². The van der Waals surface area contributed by atoms with Crippen LogP contribution in [0.2, 0.25) is 0 Å². The van der Waals surface area contributed by atoms with Gasteiger partial charge in [0.15, 0.2) is 0 Å². The Balaban J connectivity index is 1.34. The molecule has 2 aromatic carbocycles. The fourth-order valence-corrected chi connectivity index (χ4v) is 4.62. The molecule has 1 amide bonds. The van der Waals surface area contributed by atoms with E-state index in [1.165, 1.54) is 23.5 Å². The molecule has 5 rings (SSSR count). The molecule has 3 heterocycles. The Kier molecular flexibility index (Phi) is 5.77. The van der Waals surface area contributed by atoms with Crippen LogP contribution in [-0.4, -0.2) is 25.7 Å². The van der Waals surface area contributed by atoms with Gasteiger partial charge in [0.1, 0.15) is 16.4 Å². The Hall–Kier alpha value is -4.11. The standard InChI is InChI=1S/C25H20FN5O2S/c1-15-12-19(33-25-27-10-3-11-28-25)8-9-21(15)29-23(32)22-13-20-16(2)30-31(24(20)34-22)14-17-4-6-18(26)7-5-17/h3-13H,14H2,1-2H3,(H,29,32). The third-order valence-corrected chi connectivity index (χ3v) is 6.42. The zero-order valence-electron chi connectivity index (χ0n) is 18.4. The highest BCUT2D eigenvalue weighted by Gasteiger charge is 2.17. The summed E-state index contributed by atoms with van der Waals surface area (Å²) in [6, 6.07) is 15.5. The molecule has 0 aliphatic carbocycles. The number of aromatic nitrogens is 4. The van der Waals surface area contributed by atoms with E-state index in [0.717, 1.165) is 27.0 Å². The summed E-state index contributed by atoms with van der Waals surface area (Å²) in [6.07, 6.45) is 3.21. The van der Waals surface area contributed by atoms with Crippen molar-refractivity contribution in [1.29, 1.82) is 0 Å². The molecule has 0 fully saturated rings. The number of anilines is 1. The zero-order valence-corrected chi connectivity index (χ0v) is 19.3. The summed E-state index contributed by atoms with van der Waals surface area (Å²) >= 11 is 1.38. The molecule has 5 aromatic rings. The molecule has 0 unspecified atom stereocenters. The normalized spacial score (nSPS) is 11.0. The minimum atomic E-state index is -0.274. The van der Waals surface area contributed by atoms with Gasteiger partial charge >= 0.3 is 6.01 Å². The molecule has 0 atom stereocenters. The average molecular weight is 474 g/mol. The minimum absolute atomic E-state index is 0.197. The molecule has 7 nitrogen and oxygen atoms in total. The molecule has 0 saturated heterocycles. The summed E-state index contributed by atoms with van der Waals surface area (Å²) in [5, 5.41) is 8.50. The van der Waals surface area contributed by atoms with Crippen LogP contribution in [-0.2, 0) is 6.54 Å². The molecule has 0 aliphatic heterocycles. The molecule has 34 heavy (non-hydrogen) atoms. The summed E-state index contributed by atoms with van der Waals surface area (Å²) in [5.41, 5.74) is 3.31. The van der Waals surface area contributed by atoms with Gasteiger partial charge in [0.2, 0.25) is 0 Å². The first-order chi connectivity index (χ1) is 16.5. The predicted molar refractivity (Wildman–Crippen MR) is 129 cm³/mol. The van der Waals surface area contributed by atoms with Crippen LogP contribution >= 0.6 is 11.3 Å². The Morgan fingerprint density at radius 1 is 1.09 bits per heavy atom. The van der Waals surface area contributed by atoms with Gasteiger partial charge in [0.05, 0.1) is 17.1 Å². The minimum Gasteiger partial charge on any atom is -0.424 e. The number of nitrogens with zero attached hydrogens (tertiary/aromatic N) is 4. The van der Waals surface area contributed by atoms with Crippen molar-refractivity contribution < 1.29 is 13.9 Å². The Morgan fingerprint density at radius 2 is 1.85 bits per heavy atom. The van der Waals surface area contributed by atoms with Gasteiger partial charge in [-0.1, -0.05) is 12.1 Å². The number of benzene rings is 2. The largest absolute Gasteiger partial charge is 0.424 e. The van der Waals surface area contributed by atoms with Crippen molar-refractivity contribution >= 4 is 33.1 Å². The van der Waals surface area contributed by atoms with Crippen molar-refractivity contribution in [2.24, 2.45) is 0 Å². The first kappa shape index (κ1) is 21.7. The molecule has 9 heteroatoms. The maximum Gasteiger partial charge on any atom is 0.321 e. The predicted octanol–water partition coefficient (Wildman–Crippen LogP) is 5.74. The Morgan fingerprint density at radius 3 is 2.59 bits per heavy atom. The number of thiophene rings is 1. The number of nitrogens with one attached hydrogen (secondary N) is 1. The van der Waals surface area contributed by atoms with E-state index in [4.69, 9.17) is 4.74 Å². The first-order valence-electron chi connectivity index (χ1n) is 10.5. The fraction of sp³-hybridized carbons (Fsp3) is 0.120. The van der Waals surface area contributed by atoms with Crippen molar-refractivity contribution in [2.45, 2.75) is 20.4 Å². The van der Waals surface area contributed by atoms with E-state index in [1.54, 1.807) is 42.7 Å². The van der Waals surface area contributed by atoms with Crippen molar-refractivity contribution in [1.82, 2.24) is 19.7 Å². The highest BCUT2D eigenvalue weighted by molar-refractivity contribution is 7.20. The molecule has 0 saturated carbocycles. The lowest BCUT2D eigenvalue weighted by atomic mass is 10.2. The molecule has 1 N–H and O–H groups in total. The third-order valence-electron chi connectivity index (χ3n) is 5.27. The van der Waals surface area contributed by atoms with Gasteiger partial charge in [-0.05, 0) is 67.4 Å². The van der Waals surface area contributed by atoms with Crippen LogP contribution in [0.4, 0.5) is 10.1 Å². The number of rotatable bonds is 6. The van der Waals surface area contributed by atoms with Crippen molar-refractivity contribution in [3.05, 3.63) is 94.5 Å². The van der Waals surface area contributed by atoms with Gasteiger partial charge in [-0.3, -0.25) is 9.48 Å². The molecular weight excluding hydrogens is 453 g/mol. The van der Waals surface area contributed by atoms with Crippen LogP contribution < -0.4 is 10.1 Å². The van der Waals surface area contributed by atoms with Gasteiger partial charge < -0.3 is 10.1 Å². The lowest BCUT2D eigenvalue weighted by Gasteiger charge is -2.10. The quantitative estimate of drug-likeness (QED) is 0.340. The summed E-state index contributed by atoms with van der Waals surface area (Å²) in [7, 11) is 0. The van der Waals surface area contributed by atoms with Gasteiger partial charge in [-0.2, -0.15) is 5.10 Å². The maximum atomic E-state index is 13.2. The van der Waals surface area contributed by atoms with Crippen LogP contribution in [0.1, 0.15) is 26.5 Å². The number of aryl methyl sites for hydroxylation is 2. The number of amides is 1. The Bertz CT molecular complexity index is 1480. The number of hydrogen-bond acceptors (Lipinski definition) is 6. The van der Waals surface area contributed by atoms with E-state index in [9.17, 15) is 9.18 Å².